The highest BCUT2D eigenvalue weighted by Gasteiger charge is 2.22. The zero-order valence-corrected chi connectivity index (χ0v) is 15.4. The van der Waals surface area contributed by atoms with Crippen LogP contribution in [-0.4, -0.2) is 56.7 Å². The van der Waals surface area contributed by atoms with E-state index < -0.39 is 0 Å². The average Bonchev–Trinajstić information content (AvgIpc) is 3.38. The second-order valence-corrected chi connectivity index (χ2v) is 7.05. The molecule has 3 rings (SSSR count). The highest BCUT2D eigenvalue weighted by molar-refractivity contribution is 6.31. The maximum Gasteiger partial charge on any atom is 0.191 e. The SMILES string of the molecule is CCNC(=NCc1c(Cl)cccc1N1CCN(C)CC1)NC1CC1. The van der Waals surface area contributed by atoms with Crippen LogP contribution in [0.5, 0.6) is 0 Å². The molecule has 1 saturated heterocycles. The van der Waals surface area contributed by atoms with Gasteiger partial charge in [-0.2, -0.15) is 0 Å². The topological polar surface area (TPSA) is 42.9 Å². The van der Waals surface area contributed by atoms with E-state index in [1.54, 1.807) is 0 Å². The van der Waals surface area contributed by atoms with E-state index in [1.165, 1.54) is 18.5 Å². The molecule has 24 heavy (non-hydrogen) atoms. The number of aliphatic imine (C=N–C) groups is 1. The average molecular weight is 350 g/mol. The molecular formula is C18H28ClN5. The molecule has 2 N–H and O–H groups in total. The summed E-state index contributed by atoms with van der Waals surface area (Å²) in [6, 6.07) is 6.76. The molecule has 132 valence electrons. The van der Waals surface area contributed by atoms with Gasteiger partial charge in [0.2, 0.25) is 0 Å². The third-order valence-electron chi connectivity index (χ3n) is 4.60. The molecule has 2 aliphatic rings. The van der Waals surface area contributed by atoms with Crippen LogP contribution in [0.15, 0.2) is 23.2 Å². The van der Waals surface area contributed by atoms with E-state index in [2.05, 4.69) is 40.5 Å². The number of hydrogen-bond acceptors (Lipinski definition) is 3. The number of anilines is 1. The molecule has 0 aromatic heterocycles. The standard InChI is InChI=1S/C18H28ClN5/c1-3-20-18(22-14-7-8-14)21-13-15-16(19)5-4-6-17(15)24-11-9-23(2)10-12-24/h4-6,14H,3,7-13H2,1-2H3,(H2,20,21,22). The van der Waals surface area contributed by atoms with Crippen LogP contribution in [0.3, 0.4) is 0 Å². The maximum absolute atomic E-state index is 6.51. The Morgan fingerprint density at radius 2 is 2.00 bits per heavy atom. The van der Waals surface area contributed by atoms with Crippen molar-refractivity contribution < 1.29 is 0 Å². The van der Waals surface area contributed by atoms with Crippen LogP contribution in [0, 0.1) is 0 Å². The molecular weight excluding hydrogens is 322 g/mol. The van der Waals surface area contributed by atoms with E-state index in [0.29, 0.717) is 12.6 Å². The molecule has 1 aliphatic heterocycles. The third kappa shape index (κ3) is 4.54. The van der Waals surface area contributed by atoms with Gasteiger partial charge < -0.3 is 20.4 Å². The zero-order chi connectivity index (χ0) is 16.9. The fourth-order valence-electron chi connectivity index (χ4n) is 2.95. The molecule has 2 fully saturated rings. The Morgan fingerprint density at radius 1 is 1.25 bits per heavy atom. The number of hydrogen-bond donors (Lipinski definition) is 2. The maximum atomic E-state index is 6.51. The number of nitrogens with zero attached hydrogens (tertiary/aromatic N) is 3. The normalized spacial score (nSPS) is 19.5. The van der Waals surface area contributed by atoms with Crippen molar-refractivity contribution in [3.63, 3.8) is 0 Å². The molecule has 6 heteroatoms. The number of rotatable bonds is 5. The lowest BCUT2D eigenvalue weighted by molar-refractivity contribution is 0.312. The summed E-state index contributed by atoms with van der Waals surface area (Å²) in [5.41, 5.74) is 2.35. The second kappa shape index (κ2) is 8.08. The van der Waals surface area contributed by atoms with Gasteiger partial charge in [-0.15, -0.1) is 0 Å². The number of benzene rings is 1. The van der Waals surface area contributed by atoms with Gasteiger partial charge in [0.1, 0.15) is 0 Å². The molecule has 0 amide bonds. The van der Waals surface area contributed by atoms with E-state index in [9.17, 15) is 0 Å². The highest BCUT2D eigenvalue weighted by atomic mass is 35.5. The number of piperazine rings is 1. The molecule has 0 spiro atoms. The first kappa shape index (κ1) is 17.4. The predicted molar refractivity (Wildman–Crippen MR) is 102 cm³/mol. The minimum atomic E-state index is 0.589. The van der Waals surface area contributed by atoms with Crippen molar-refractivity contribution in [2.24, 2.45) is 4.99 Å². The molecule has 1 aromatic rings. The largest absolute Gasteiger partial charge is 0.369 e. The van der Waals surface area contributed by atoms with Gasteiger partial charge in [0.15, 0.2) is 5.96 Å². The fraction of sp³-hybridized carbons (Fsp3) is 0.611. The third-order valence-corrected chi connectivity index (χ3v) is 4.95. The lowest BCUT2D eigenvalue weighted by Gasteiger charge is -2.35. The number of guanidine groups is 1. The summed E-state index contributed by atoms with van der Waals surface area (Å²) in [5.74, 6) is 0.893. The molecule has 0 radical (unpaired) electrons. The van der Waals surface area contributed by atoms with Gasteiger partial charge >= 0.3 is 0 Å². The Morgan fingerprint density at radius 3 is 2.67 bits per heavy atom. The van der Waals surface area contributed by atoms with Crippen LogP contribution in [0.25, 0.3) is 0 Å². The van der Waals surface area contributed by atoms with Crippen LogP contribution in [0.4, 0.5) is 5.69 Å². The number of nitrogens with one attached hydrogen (secondary N) is 2. The molecule has 1 aliphatic carbocycles. The van der Waals surface area contributed by atoms with Crippen LogP contribution < -0.4 is 15.5 Å². The lowest BCUT2D eigenvalue weighted by atomic mass is 10.1. The van der Waals surface area contributed by atoms with E-state index in [1.807, 2.05) is 12.1 Å². The first-order chi connectivity index (χ1) is 11.7. The van der Waals surface area contributed by atoms with Gasteiger partial charge in [-0.05, 0) is 38.9 Å². The minimum Gasteiger partial charge on any atom is -0.369 e. The monoisotopic (exact) mass is 349 g/mol. The summed E-state index contributed by atoms with van der Waals surface area (Å²) >= 11 is 6.51. The van der Waals surface area contributed by atoms with Gasteiger partial charge in [0, 0.05) is 55.0 Å². The van der Waals surface area contributed by atoms with Crippen LogP contribution in [0.2, 0.25) is 5.02 Å². The van der Waals surface area contributed by atoms with Crippen molar-refractivity contribution in [2.75, 3.05) is 44.7 Å². The summed E-state index contributed by atoms with van der Waals surface area (Å²) < 4.78 is 0. The van der Waals surface area contributed by atoms with Gasteiger partial charge in [-0.3, -0.25) is 0 Å². The quantitative estimate of drug-likeness (QED) is 0.632. The minimum absolute atomic E-state index is 0.589. The molecule has 0 unspecified atom stereocenters. The van der Waals surface area contributed by atoms with E-state index in [4.69, 9.17) is 16.6 Å². The van der Waals surface area contributed by atoms with Gasteiger partial charge in [0.25, 0.3) is 0 Å². The van der Waals surface area contributed by atoms with Gasteiger partial charge in [0.05, 0.1) is 6.54 Å². The van der Waals surface area contributed by atoms with E-state index in [0.717, 1.165) is 49.3 Å². The Kier molecular flexibility index (Phi) is 5.85. The fourth-order valence-corrected chi connectivity index (χ4v) is 3.18. The second-order valence-electron chi connectivity index (χ2n) is 6.64. The van der Waals surface area contributed by atoms with Crippen molar-refractivity contribution in [3.8, 4) is 0 Å². The molecule has 1 heterocycles. The van der Waals surface area contributed by atoms with Crippen molar-refractivity contribution >= 4 is 23.2 Å². The van der Waals surface area contributed by atoms with Crippen LogP contribution >= 0.6 is 11.6 Å². The van der Waals surface area contributed by atoms with Crippen LogP contribution in [-0.2, 0) is 6.54 Å². The molecule has 0 bridgehead atoms. The Bertz CT molecular complexity index is 577. The van der Waals surface area contributed by atoms with Gasteiger partial charge in [-0.25, -0.2) is 4.99 Å². The summed E-state index contributed by atoms with van der Waals surface area (Å²) in [6.07, 6.45) is 2.48. The van der Waals surface area contributed by atoms with E-state index in [-0.39, 0.29) is 0 Å². The lowest BCUT2D eigenvalue weighted by Crippen LogP contribution is -2.44. The number of likely N-dealkylation sites (N-methyl/N-ethyl adjacent to an activating group) is 1. The van der Waals surface area contributed by atoms with Gasteiger partial charge in [-0.1, -0.05) is 17.7 Å². The van der Waals surface area contributed by atoms with Crippen molar-refractivity contribution in [3.05, 3.63) is 28.8 Å². The first-order valence-electron chi connectivity index (χ1n) is 8.93. The highest BCUT2D eigenvalue weighted by Crippen LogP contribution is 2.29. The zero-order valence-electron chi connectivity index (χ0n) is 14.7. The molecule has 1 aromatic carbocycles. The van der Waals surface area contributed by atoms with Crippen LogP contribution in [0.1, 0.15) is 25.3 Å². The Labute approximate surface area is 150 Å². The predicted octanol–water partition coefficient (Wildman–Crippen LogP) is 2.31. The summed E-state index contributed by atoms with van der Waals surface area (Å²) in [5, 5.41) is 7.59. The summed E-state index contributed by atoms with van der Waals surface area (Å²) in [4.78, 5) is 9.56. The van der Waals surface area contributed by atoms with Crippen molar-refractivity contribution in [1.82, 2.24) is 15.5 Å². The van der Waals surface area contributed by atoms with Crippen molar-refractivity contribution in [2.45, 2.75) is 32.4 Å². The van der Waals surface area contributed by atoms with E-state index >= 15 is 0 Å². The first-order valence-corrected chi connectivity index (χ1v) is 9.31. The Balaban J connectivity index is 1.76. The smallest absolute Gasteiger partial charge is 0.191 e. The number of halogens is 1. The summed E-state index contributed by atoms with van der Waals surface area (Å²) in [7, 11) is 2.17. The molecule has 1 saturated carbocycles. The molecule has 0 atom stereocenters. The summed E-state index contributed by atoms with van der Waals surface area (Å²) in [6.45, 7) is 7.80. The van der Waals surface area contributed by atoms with Crippen molar-refractivity contribution in [1.29, 1.82) is 0 Å². The molecule has 5 nitrogen and oxygen atoms in total. The Hall–Kier alpha value is -1.46.